The Labute approximate surface area is 395 Å². The SMILES string of the molecule is C1=CC2C=Cc3c(c4cc(C5=C6OC7C=CC=CC7C6CC=C5)ccc4n3-c3ccc(C4N=C(C5C=C([SiH](C6=CCCC=C6)c6ccccc6)C=CC5)C5C(c6ccccc6)[N@@]45)cc3)C2C=C1. The molecular formula is C62H53N3OSi. The van der Waals surface area contributed by atoms with Gasteiger partial charge in [0.25, 0.3) is 0 Å². The number of benzene rings is 4. The molecule has 0 amide bonds. The van der Waals surface area contributed by atoms with E-state index < -0.39 is 8.80 Å². The maximum Gasteiger partial charge on any atom is 0.132 e. The van der Waals surface area contributed by atoms with Gasteiger partial charge in [-0.15, -0.1) is 0 Å². The Morgan fingerprint density at radius 1 is 0.657 bits per heavy atom. The first kappa shape index (κ1) is 39.4. The number of ether oxygens (including phenoxy) is 1. The van der Waals surface area contributed by atoms with Crippen LogP contribution < -0.4 is 5.19 Å². The van der Waals surface area contributed by atoms with Gasteiger partial charge in [0.15, 0.2) is 0 Å². The van der Waals surface area contributed by atoms with Crippen molar-refractivity contribution in [1.29, 1.82) is 0 Å². The molecule has 2 saturated heterocycles. The first-order valence-corrected chi connectivity index (χ1v) is 26.4. The van der Waals surface area contributed by atoms with Gasteiger partial charge in [-0.1, -0.05) is 192 Å². The Morgan fingerprint density at radius 2 is 1.46 bits per heavy atom. The van der Waals surface area contributed by atoms with Crippen molar-refractivity contribution in [3.63, 3.8) is 0 Å². The molecule has 0 radical (unpaired) electrons. The van der Waals surface area contributed by atoms with Gasteiger partial charge in [0.1, 0.15) is 26.8 Å². The minimum atomic E-state index is -1.63. The quantitative estimate of drug-likeness (QED) is 0.115. The molecule has 1 aromatic heterocycles. The number of hydrogen-bond acceptors (Lipinski definition) is 3. The summed E-state index contributed by atoms with van der Waals surface area (Å²) >= 11 is 0. The van der Waals surface area contributed by atoms with Gasteiger partial charge in [-0.2, -0.15) is 0 Å². The lowest BCUT2D eigenvalue weighted by molar-refractivity contribution is 0.186. The second-order valence-corrected chi connectivity index (χ2v) is 22.6. The highest BCUT2D eigenvalue weighted by atomic mass is 28.3. The Morgan fingerprint density at radius 3 is 2.33 bits per heavy atom. The molecule has 9 aliphatic rings. The molecule has 0 saturated carbocycles. The topological polar surface area (TPSA) is 29.5 Å². The van der Waals surface area contributed by atoms with Crippen LogP contribution in [-0.2, 0) is 4.74 Å². The van der Waals surface area contributed by atoms with Crippen LogP contribution in [0.25, 0.3) is 28.2 Å². The van der Waals surface area contributed by atoms with Crippen molar-refractivity contribution in [2.75, 3.05) is 0 Å². The number of aliphatic imine (C=N–C) groups is 1. The van der Waals surface area contributed by atoms with Gasteiger partial charge in [-0.05, 0) is 84.4 Å². The van der Waals surface area contributed by atoms with Crippen LogP contribution in [0.3, 0.4) is 0 Å². The predicted molar refractivity (Wildman–Crippen MR) is 278 cm³/mol. The van der Waals surface area contributed by atoms with E-state index >= 15 is 0 Å². The zero-order valence-electron chi connectivity index (χ0n) is 37.6. The van der Waals surface area contributed by atoms with E-state index in [1.165, 1.54) is 66.2 Å². The number of rotatable bonds is 8. The third-order valence-electron chi connectivity index (χ3n) is 16.1. The Bertz CT molecular complexity index is 3220. The first-order valence-electron chi connectivity index (χ1n) is 24.7. The Hall–Kier alpha value is -6.79. The molecule has 3 aliphatic heterocycles. The van der Waals surface area contributed by atoms with Gasteiger partial charge in [0.2, 0.25) is 0 Å². The summed E-state index contributed by atoms with van der Waals surface area (Å²) in [4.78, 5) is 8.38. The molecular weight excluding hydrogens is 831 g/mol. The number of fused-ring (bicyclic) bond motifs is 9. The lowest BCUT2D eigenvalue weighted by Crippen LogP contribution is -2.36. The number of nitrogens with zero attached hydrogens (tertiary/aromatic N) is 3. The van der Waals surface area contributed by atoms with E-state index in [1.54, 1.807) is 5.20 Å². The molecule has 0 spiro atoms. The van der Waals surface area contributed by atoms with Crippen molar-refractivity contribution in [2.45, 2.75) is 56.0 Å². The maximum atomic E-state index is 6.74. The standard InChI is InChI=1S/C62H53N3OSi/c1-4-17-41(18-5-1)59-60-58(44-19-14-24-48(38-44)67(46-20-6-2-7-21-46)47-22-8-3-9-23-47)63-62(65(59)60)42-30-34-45(35-31-42)64-54-36-33-43(39-53(54)57-49-25-11-10-16-40(49)32-37-55(57)64)50-27-15-28-52-51-26-12-13-29-56(51)66-61(50)52/h1-2,4-8,10-18,20-27,29-40,44,49,51-52,56,59-60,62,67H,3,9,19,28H2/t40?,44?,49?,51?,52?,56?,59?,60?,62?,65-,67?/m1/s1. The minimum absolute atomic E-state index is 0.0274. The predicted octanol–water partition coefficient (Wildman–Crippen LogP) is 12.8. The monoisotopic (exact) mass is 883 g/mol. The minimum Gasteiger partial charge on any atom is -0.489 e. The van der Waals surface area contributed by atoms with Crippen molar-refractivity contribution in [1.82, 2.24) is 9.47 Å². The molecule has 4 heterocycles. The summed E-state index contributed by atoms with van der Waals surface area (Å²) in [6.45, 7) is 0. The van der Waals surface area contributed by atoms with E-state index in [1.807, 2.05) is 0 Å². The molecule has 2 fully saturated rings. The zero-order valence-corrected chi connectivity index (χ0v) is 38.7. The van der Waals surface area contributed by atoms with Crippen molar-refractivity contribution < 1.29 is 4.74 Å². The summed E-state index contributed by atoms with van der Waals surface area (Å²) in [5, 5.41) is 5.87. The van der Waals surface area contributed by atoms with Crippen molar-refractivity contribution in [2.24, 2.45) is 28.7 Å². The molecule has 326 valence electrons. The van der Waals surface area contributed by atoms with Crippen LogP contribution in [0.4, 0.5) is 0 Å². The van der Waals surface area contributed by atoms with Crippen LogP contribution in [0.15, 0.2) is 228 Å². The second kappa shape index (κ2) is 15.9. The number of aromatic nitrogens is 1. The molecule has 6 aliphatic carbocycles. The first-order chi connectivity index (χ1) is 33.2. The Balaban J connectivity index is 0.836. The lowest BCUT2D eigenvalue weighted by Gasteiger charge is -2.26. The van der Waals surface area contributed by atoms with E-state index in [0.717, 1.165) is 31.4 Å². The van der Waals surface area contributed by atoms with Gasteiger partial charge in [0, 0.05) is 51.9 Å². The maximum absolute atomic E-state index is 6.74. The van der Waals surface area contributed by atoms with E-state index in [0.29, 0.717) is 29.8 Å². The van der Waals surface area contributed by atoms with Gasteiger partial charge in [-0.3, -0.25) is 9.89 Å². The van der Waals surface area contributed by atoms with E-state index in [9.17, 15) is 0 Å². The number of hydrogen-bond donors (Lipinski definition) is 0. The highest BCUT2D eigenvalue weighted by Gasteiger charge is 2.60. The molecule has 5 aromatic rings. The summed E-state index contributed by atoms with van der Waals surface area (Å²) in [6, 6.07) is 39.6. The van der Waals surface area contributed by atoms with Crippen LogP contribution in [0.1, 0.15) is 71.8 Å². The van der Waals surface area contributed by atoms with Crippen LogP contribution in [0.5, 0.6) is 0 Å². The van der Waals surface area contributed by atoms with Crippen LogP contribution in [-0.4, -0.2) is 36.1 Å². The summed E-state index contributed by atoms with van der Waals surface area (Å²) in [5.74, 6) is 2.84. The third-order valence-corrected chi connectivity index (χ3v) is 19.3. The molecule has 4 nitrogen and oxygen atoms in total. The van der Waals surface area contributed by atoms with Gasteiger partial charge in [0.05, 0.1) is 23.3 Å². The fourth-order valence-electron chi connectivity index (χ4n) is 13.0. The fourth-order valence-corrected chi connectivity index (χ4v) is 16.2. The Kier molecular flexibility index (Phi) is 9.36. The summed E-state index contributed by atoms with van der Waals surface area (Å²) in [5.41, 5.74) is 11.6. The molecule has 0 bridgehead atoms. The van der Waals surface area contributed by atoms with E-state index in [4.69, 9.17) is 9.73 Å². The molecule has 4 aromatic carbocycles. The molecule has 11 atom stereocenters. The van der Waals surface area contributed by atoms with Gasteiger partial charge in [-0.25, -0.2) is 0 Å². The van der Waals surface area contributed by atoms with Crippen molar-refractivity contribution >= 4 is 42.2 Å². The fraction of sp³-hybridized carbons (Fsp3) is 0.210. The van der Waals surface area contributed by atoms with Crippen molar-refractivity contribution in [3.05, 3.63) is 251 Å². The average molecular weight is 884 g/mol. The third kappa shape index (κ3) is 6.46. The van der Waals surface area contributed by atoms with E-state index in [2.05, 4.69) is 222 Å². The largest absolute Gasteiger partial charge is 0.489 e. The highest BCUT2D eigenvalue weighted by Crippen LogP contribution is 2.57. The van der Waals surface area contributed by atoms with Crippen LogP contribution in [0, 0.1) is 23.7 Å². The average Bonchev–Trinajstić information content (AvgIpc) is 3.63. The molecule has 10 unspecified atom stereocenters. The van der Waals surface area contributed by atoms with Crippen LogP contribution >= 0.6 is 0 Å². The zero-order chi connectivity index (χ0) is 44.0. The van der Waals surface area contributed by atoms with Gasteiger partial charge >= 0.3 is 0 Å². The van der Waals surface area contributed by atoms with E-state index in [-0.39, 0.29) is 24.1 Å². The summed E-state index contributed by atoms with van der Waals surface area (Å²) in [7, 11) is -1.63. The molecule has 14 rings (SSSR count). The number of allylic oxidation sites excluding steroid dienone is 19. The normalized spacial score (nSPS) is 30.5. The molecule has 67 heavy (non-hydrogen) atoms. The molecule has 5 heteroatoms. The lowest BCUT2D eigenvalue weighted by atomic mass is 9.78. The van der Waals surface area contributed by atoms with Crippen molar-refractivity contribution in [3.8, 4) is 5.69 Å². The highest BCUT2D eigenvalue weighted by molar-refractivity contribution is 6.87. The smallest absolute Gasteiger partial charge is 0.132 e. The van der Waals surface area contributed by atoms with Crippen LogP contribution in [0.2, 0.25) is 0 Å². The summed E-state index contributed by atoms with van der Waals surface area (Å²) in [6.07, 6.45) is 46.7. The molecule has 0 N–H and O–H groups in total. The second-order valence-electron chi connectivity index (χ2n) is 19.8. The summed E-state index contributed by atoms with van der Waals surface area (Å²) < 4.78 is 9.25. The van der Waals surface area contributed by atoms with Gasteiger partial charge < -0.3 is 9.30 Å².